The highest BCUT2D eigenvalue weighted by molar-refractivity contribution is 7.88. The molecule has 0 amide bonds. The third-order valence-corrected chi connectivity index (χ3v) is 6.56. The molecule has 124 valence electrons. The van der Waals surface area contributed by atoms with E-state index in [1.165, 1.54) is 53.9 Å². The van der Waals surface area contributed by atoms with Crippen LogP contribution in [0.2, 0.25) is 0 Å². The number of nitrogens with zero attached hydrogens (tertiary/aromatic N) is 2. The number of aromatic nitrogens is 1. The number of hydrogen-bond donors (Lipinski definition) is 1. The maximum Gasteiger partial charge on any atom is 0.208 e. The van der Waals surface area contributed by atoms with Gasteiger partial charge in [0, 0.05) is 30.4 Å². The molecule has 1 N–H and O–H groups in total. The summed E-state index contributed by atoms with van der Waals surface area (Å²) in [5.74, 6) is 0.530. The standard InChI is InChI=1S/C15H25N3O2S2/c1-22(19,20)16-8-10-18-9-4-5-12(11-18)15-17-13-6-2-3-7-14(13)21-15/h12,16H,2-11H2,1H3. The molecule has 0 spiro atoms. The van der Waals surface area contributed by atoms with Crippen LogP contribution in [0, 0.1) is 0 Å². The van der Waals surface area contributed by atoms with Gasteiger partial charge in [-0.3, -0.25) is 0 Å². The Morgan fingerprint density at radius 2 is 2.14 bits per heavy atom. The van der Waals surface area contributed by atoms with Crippen LogP contribution in [0.5, 0.6) is 0 Å². The maximum atomic E-state index is 11.1. The number of nitrogens with one attached hydrogen (secondary N) is 1. The first-order valence-corrected chi connectivity index (χ1v) is 10.9. The predicted molar refractivity (Wildman–Crippen MR) is 90.0 cm³/mol. The summed E-state index contributed by atoms with van der Waals surface area (Å²) >= 11 is 1.92. The average molecular weight is 344 g/mol. The summed E-state index contributed by atoms with van der Waals surface area (Å²) in [5.41, 5.74) is 1.35. The minimum Gasteiger partial charge on any atom is -0.301 e. The van der Waals surface area contributed by atoms with Crippen LogP contribution in [-0.4, -0.2) is 50.7 Å². The number of rotatable bonds is 5. The first-order valence-electron chi connectivity index (χ1n) is 8.17. The Kier molecular flexibility index (Phi) is 5.17. The molecule has 7 heteroatoms. The predicted octanol–water partition coefficient (Wildman–Crippen LogP) is 1.75. The molecule has 1 aromatic heterocycles. The molecule has 3 rings (SSSR count). The molecular formula is C15H25N3O2S2. The Morgan fingerprint density at radius 3 is 2.91 bits per heavy atom. The fourth-order valence-corrected chi connectivity index (χ4v) is 5.14. The fourth-order valence-electron chi connectivity index (χ4n) is 3.40. The number of fused-ring (bicyclic) bond motifs is 1. The van der Waals surface area contributed by atoms with Gasteiger partial charge in [0.25, 0.3) is 0 Å². The van der Waals surface area contributed by atoms with Crippen LogP contribution in [0.15, 0.2) is 0 Å². The molecule has 0 radical (unpaired) electrons. The lowest BCUT2D eigenvalue weighted by Gasteiger charge is -2.31. The van der Waals surface area contributed by atoms with E-state index in [0.717, 1.165) is 26.1 Å². The van der Waals surface area contributed by atoms with Crippen molar-refractivity contribution in [3.63, 3.8) is 0 Å². The van der Waals surface area contributed by atoms with Crippen molar-refractivity contribution in [3.8, 4) is 0 Å². The van der Waals surface area contributed by atoms with E-state index in [0.29, 0.717) is 12.5 Å². The van der Waals surface area contributed by atoms with Gasteiger partial charge in [0.2, 0.25) is 10.0 Å². The third-order valence-electron chi connectivity index (χ3n) is 4.51. The minimum atomic E-state index is -3.08. The lowest BCUT2D eigenvalue weighted by Crippen LogP contribution is -2.39. The average Bonchev–Trinajstić information content (AvgIpc) is 2.90. The minimum absolute atomic E-state index is 0.500. The highest BCUT2D eigenvalue weighted by Gasteiger charge is 2.25. The molecule has 1 atom stereocenters. The number of likely N-dealkylation sites (tertiary alicyclic amines) is 1. The summed E-state index contributed by atoms with van der Waals surface area (Å²) in [7, 11) is -3.08. The lowest BCUT2D eigenvalue weighted by atomic mass is 9.98. The van der Waals surface area contributed by atoms with E-state index in [9.17, 15) is 8.42 Å². The number of thiazole rings is 1. The van der Waals surface area contributed by atoms with E-state index in [-0.39, 0.29) is 0 Å². The molecule has 1 aromatic rings. The molecule has 0 bridgehead atoms. The van der Waals surface area contributed by atoms with Crippen molar-refractivity contribution in [2.45, 2.75) is 44.4 Å². The van der Waals surface area contributed by atoms with Crippen molar-refractivity contribution in [2.75, 3.05) is 32.4 Å². The van der Waals surface area contributed by atoms with Gasteiger partial charge in [-0.05, 0) is 45.1 Å². The Labute approximate surface area is 137 Å². The van der Waals surface area contributed by atoms with Crippen molar-refractivity contribution >= 4 is 21.4 Å². The van der Waals surface area contributed by atoms with Crippen LogP contribution in [0.4, 0.5) is 0 Å². The Bertz CT molecular complexity index is 589. The van der Waals surface area contributed by atoms with Crippen LogP contribution < -0.4 is 4.72 Å². The number of aryl methyl sites for hydroxylation is 2. The summed E-state index contributed by atoms with van der Waals surface area (Å²) < 4.78 is 24.8. The monoisotopic (exact) mass is 343 g/mol. The van der Waals surface area contributed by atoms with Crippen molar-refractivity contribution in [1.29, 1.82) is 0 Å². The Balaban J connectivity index is 1.57. The zero-order valence-electron chi connectivity index (χ0n) is 13.2. The van der Waals surface area contributed by atoms with Crippen LogP contribution >= 0.6 is 11.3 Å². The largest absolute Gasteiger partial charge is 0.301 e. The van der Waals surface area contributed by atoms with Gasteiger partial charge in [-0.15, -0.1) is 11.3 Å². The summed E-state index contributed by atoms with van der Waals surface area (Å²) in [5, 5.41) is 1.31. The van der Waals surface area contributed by atoms with Crippen molar-refractivity contribution in [1.82, 2.24) is 14.6 Å². The third kappa shape index (κ3) is 4.28. The van der Waals surface area contributed by atoms with Gasteiger partial charge in [-0.1, -0.05) is 0 Å². The number of hydrogen-bond acceptors (Lipinski definition) is 5. The topological polar surface area (TPSA) is 62.3 Å². The van der Waals surface area contributed by atoms with Gasteiger partial charge in [-0.25, -0.2) is 18.1 Å². The second kappa shape index (κ2) is 6.95. The summed E-state index contributed by atoms with van der Waals surface area (Å²) in [6.45, 7) is 3.36. The molecule has 1 saturated heterocycles. The van der Waals surface area contributed by atoms with Gasteiger partial charge in [0.1, 0.15) is 0 Å². The molecule has 1 unspecified atom stereocenters. The maximum absolute atomic E-state index is 11.1. The van der Waals surface area contributed by atoms with Gasteiger partial charge < -0.3 is 4.90 Å². The molecule has 0 saturated carbocycles. The number of piperidine rings is 1. The Hall–Kier alpha value is -0.500. The smallest absolute Gasteiger partial charge is 0.208 e. The molecule has 5 nitrogen and oxygen atoms in total. The first kappa shape index (κ1) is 16.4. The molecule has 1 fully saturated rings. The molecule has 2 heterocycles. The molecule has 0 aromatic carbocycles. The van der Waals surface area contributed by atoms with Crippen molar-refractivity contribution in [3.05, 3.63) is 15.6 Å². The first-order chi connectivity index (χ1) is 10.5. The van der Waals surface area contributed by atoms with Gasteiger partial charge in [-0.2, -0.15) is 0 Å². The fraction of sp³-hybridized carbons (Fsp3) is 0.800. The lowest BCUT2D eigenvalue weighted by molar-refractivity contribution is 0.211. The van der Waals surface area contributed by atoms with Gasteiger partial charge >= 0.3 is 0 Å². The van der Waals surface area contributed by atoms with E-state index in [4.69, 9.17) is 4.98 Å². The summed E-state index contributed by atoms with van der Waals surface area (Å²) in [4.78, 5) is 8.79. The van der Waals surface area contributed by atoms with Gasteiger partial charge in [0.05, 0.1) is 17.0 Å². The van der Waals surface area contributed by atoms with Crippen LogP contribution in [0.25, 0.3) is 0 Å². The van der Waals surface area contributed by atoms with Crippen LogP contribution in [0.1, 0.15) is 47.2 Å². The highest BCUT2D eigenvalue weighted by atomic mass is 32.2. The van der Waals surface area contributed by atoms with E-state index in [2.05, 4.69) is 9.62 Å². The quantitative estimate of drug-likeness (QED) is 0.885. The highest BCUT2D eigenvalue weighted by Crippen LogP contribution is 2.34. The summed E-state index contributed by atoms with van der Waals surface area (Å²) in [6, 6.07) is 0. The summed E-state index contributed by atoms with van der Waals surface area (Å²) in [6.07, 6.45) is 8.55. The van der Waals surface area contributed by atoms with Crippen molar-refractivity contribution in [2.24, 2.45) is 0 Å². The Morgan fingerprint density at radius 1 is 1.32 bits per heavy atom. The second-order valence-electron chi connectivity index (χ2n) is 6.44. The molecule has 22 heavy (non-hydrogen) atoms. The van der Waals surface area contributed by atoms with E-state index < -0.39 is 10.0 Å². The SMILES string of the molecule is CS(=O)(=O)NCCN1CCCC(c2nc3c(s2)CCCC3)C1. The molecule has 1 aliphatic heterocycles. The zero-order chi connectivity index (χ0) is 15.6. The molecular weight excluding hydrogens is 318 g/mol. The van der Waals surface area contributed by atoms with Gasteiger partial charge in [0.15, 0.2) is 0 Å². The number of sulfonamides is 1. The zero-order valence-corrected chi connectivity index (χ0v) is 14.8. The molecule has 2 aliphatic rings. The molecule has 1 aliphatic carbocycles. The van der Waals surface area contributed by atoms with Crippen LogP contribution in [0.3, 0.4) is 0 Å². The normalized spacial score (nSPS) is 23.4. The second-order valence-corrected chi connectivity index (χ2v) is 9.38. The van der Waals surface area contributed by atoms with Crippen molar-refractivity contribution < 1.29 is 8.42 Å². The van der Waals surface area contributed by atoms with Crippen LogP contribution in [-0.2, 0) is 22.9 Å². The van der Waals surface area contributed by atoms with E-state index >= 15 is 0 Å². The van der Waals surface area contributed by atoms with E-state index in [1.807, 2.05) is 11.3 Å². The van der Waals surface area contributed by atoms with E-state index in [1.54, 1.807) is 0 Å².